The van der Waals surface area contributed by atoms with Gasteiger partial charge in [0, 0.05) is 10.9 Å². The van der Waals surface area contributed by atoms with E-state index in [1.165, 1.54) is 4.88 Å². The monoisotopic (exact) mass is 292 g/mol. The Bertz CT molecular complexity index is 571. The second-order valence-electron chi connectivity index (χ2n) is 6.15. The number of anilines is 1. The normalized spacial score (nSPS) is 13.7. The Morgan fingerprint density at radius 3 is 2.70 bits per heavy atom. The third-order valence-corrected chi connectivity index (χ3v) is 4.73. The molecular formula is C15H24N4S. The number of rotatable bonds is 5. The molecule has 1 atom stereocenters. The standard InChI is InChI=1S/C15H24N4S/c1-5-10-8-11-13(17-9-18-14(11)20-10)19-12(6-7-16)15(2,3)4/h8-9,12H,5-7,16H2,1-4H3,(H,17,18,19). The van der Waals surface area contributed by atoms with Gasteiger partial charge in [0.1, 0.15) is 17.0 Å². The van der Waals surface area contributed by atoms with Crippen molar-refractivity contribution in [2.75, 3.05) is 11.9 Å². The van der Waals surface area contributed by atoms with Gasteiger partial charge in [-0.1, -0.05) is 27.7 Å². The number of thiophene rings is 1. The summed E-state index contributed by atoms with van der Waals surface area (Å²) in [5.74, 6) is 0.930. The van der Waals surface area contributed by atoms with Crippen molar-refractivity contribution in [2.24, 2.45) is 11.1 Å². The molecule has 110 valence electrons. The van der Waals surface area contributed by atoms with Crippen LogP contribution in [0.2, 0.25) is 0 Å². The van der Waals surface area contributed by atoms with Gasteiger partial charge in [-0.05, 0) is 30.9 Å². The molecule has 0 aromatic carbocycles. The van der Waals surface area contributed by atoms with E-state index in [1.54, 1.807) is 17.7 Å². The van der Waals surface area contributed by atoms with E-state index < -0.39 is 0 Å². The van der Waals surface area contributed by atoms with Crippen LogP contribution in [0, 0.1) is 5.41 Å². The number of aromatic nitrogens is 2. The van der Waals surface area contributed by atoms with Crippen molar-refractivity contribution >= 4 is 27.4 Å². The maximum absolute atomic E-state index is 5.75. The fourth-order valence-electron chi connectivity index (χ4n) is 2.25. The molecule has 0 saturated carbocycles. The zero-order valence-corrected chi connectivity index (χ0v) is 13.5. The van der Waals surface area contributed by atoms with Crippen LogP contribution in [-0.4, -0.2) is 22.6 Å². The van der Waals surface area contributed by atoms with Gasteiger partial charge in [0.05, 0.1) is 5.39 Å². The lowest BCUT2D eigenvalue weighted by atomic mass is 9.84. The highest BCUT2D eigenvalue weighted by Gasteiger charge is 2.25. The van der Waals surface area contributed by atoms with Crippen LogP contribution in [0.25, 0.3) is 10.2 Å². The summed E-state index contributed by atoms with van der Waals surface area (Å²) in [4.78, 5) is 11.2. The van der Waals surface area contributed by atoms with E-state index in [2.05, 4.69) is 49.0 Å². The molecule has 2 aromatic heterocycles. The lowest BCUT2D eigenvalue weighted by Crippen LogP contribution is -2.36. The number of nitrogens with zero attached hydrogens (tertiary/aromatic N) is 2. The molecule has 0 aliphatic heterocycles. The molecule has 0 aliphatic carbocycles. The molecule has 0 bridgehead atoms. The fourth-order valence-corrected chi connectivity index (χ4v) is 3.18. The zero-order chi connectivity index (χ0) is 14.8. The summed E-state index contributed by atoms with van der Waals surface area (Å²) in [6.45, 7) is 9.52. The number of fused-ring (bicyclic) bond motifs is 1. The minimum atomic E-state index is 0.139. The molecule has 0 radical (unpaired) electrons. The number of nitrogens with two attached hydrogens (primary N) is 1. The minimum absolute atomic E-state index is 0.139. The van der Waals surface area contributed by atoms with Crippen molar-refractivity contribution in [1.82, 2.24) is 9.97 Å². The van der Waals surface area contributed by atoms with E-state index in [1.807, 2.05) is 0 Å². The molecule has 0 fully saturated rings. The summed E-state index contributed by atoms with van der Waals surface area (Å²) < 4.78 is 0. The molecule has 0 aliphatic rings. The molecular weight excluding hydrogens is 268 g/mol. The van der Waals surface area contributed by atoms with Crippen LogP contribution in [-0.2, 0) is 6.42 Å². The smallest absolute Gasteiger partial charge is 0.138 e. The molecule has 1 unspecified atom stereocenters. The highest BCUT2D eigenvalue weighted by Crippen LogP contribution is 2.31. The Hall–Kier alpha value is -1.20. The number of aryl methyl sites for hydroxylation is 1. The molecule has 4 nitrogen and oxygen atoms in total. The third kappa shape index (κ3) is 3.27. The van der Waals surface area contributed by atoms with Gasteiger partial charge in [0.2, 0.25) is 0 Å². The Morgan fingerprint density at radius 1 is 1.35 bits per heavy atom. The molecule has 0 spiro atoms. The lowest BCUT2D eigenvalue weighted by molar-refractivity contribution is 0.328. The SMILES string of the molecule is CCc1cc2c(NC(CCN)C(C)(C)C)ncnc2s1. The highest BCUT2D eigenvalue weighted by molar-refractivity contribution is 7.18. The van der Waals surface area contributed by atoms with Crippen LogP contribution >= 0.6 is 11.3 Å². The zero-order valence-electron chi connectivity index (χ0n) is 12.7. The Morgan fingerprint density at radius 2 is 2.10 bits per heavy atom. The quantitative estimate of drug-likeness (QED) is 0.886. The Labute approximate surface area is 124 Å². The van der Waals surface area contributed by atoms with Crippen LogP contribution in [0.5, 0.6) is 0 Å². The molecule has 0 amide bonds. The average molecular weight is 292 g/mol. The number of nitrogens with one attached hydrogen (secondary N) is 1. The van der Waals surface area contributed by atoms with Crippen molar-refractivity contribution in [3.8, 4) is 0 Å². The summed E-state index contributed by atoms with van der Waals surface area (Å²) in [5.41, 5.74) is 5.89. The number of hydrogen-bond acceptors (Lipinski definition) is 5. The first-order valence-corrected chi connectivity index (χ1v) is 7.97. The second kappa shape index (κ2) is 6.06. The van der Waals surface area contributed by atoms with Gasteiger partial charge in [-0.2, -0.15) is 0 Å². The highest BCUT2D eigenvalue weighted by atomic mass is 32.1. The average Bonchev–Trinajstić information content (AvgIpc) is 2.81. The van der Waals surface area contributed by atoms with Crippen molar-refractivity contribution in [3.05, 3.63) is 17.3 Å². The van der Waals surface area contributed by atoms with Crippen LogP contribution in [0.15, 0.2) is 12.4 Å². The molecule has 5 heteroatoms. The predicted molar refractivity (Wildman–Crippen MR) is 87.3 cm³/mol. The maximum Gasteiger partial charge on any atom is 0.138 e. The summed E-state index contributed by atoms with van der Waals surface area (Å²) in [7, 11) is 0. The Kier molecular flexibility index (Phi) is 4.60. The van der Waals surface area contributed by atoms with Crippen molar-refractivity contribution < 1.29 is 0 Å². The number of hydrogen-bond donors (Lipinski definition) is 2. The van der Waals surface area contributed by atoms with Crippen LogP contribution in [0.3, 0.4) is 0 Å². The first kappa shape index (κ1) is 15.2. The fraction of sp³-hybridized carbons (Fsp3) is 0.600. The van der Waals surface area contributed by atoms with Crippen LogP contribution < -0.4 is 11.1 Å². The third-order valence-electron chi connectivity index (χ3n) is 3.54. The lowest BCUT2D eigenvalue weighted by Gasteiger charge is -2.31. The van der Waals surface area contributed by atoms with E-state index >= 15 is 0 Å². The van der Waals surface area contributed by atoms with Crippen LogP contribution in [0.1, 0.15) is 39.0 Å². The first-order valence-electron chi connectivity index (χ1n) is 7.15. The van der Waals surface area contributed by atoms with E-state index in [0.29, 0.717) is 12.6 Å². The van der Waals surface area contributed by atoms with Gasteiger partial charge in [0.25, 0.3) is 0 Å². The second-order valence-corrected chi connectivity index (χ2v) is 7.26. The molecule has 0 saturated heterocycles. The molecule has 2 rings (SSSR count). The van der Waals surface area contributed by atoms with Crippen LogP contribution in [0.4, 0.5) is 5.82 Å². The van der Waals surface area contributed by atoms with Crippen molar-refractivity contribution in [2.45, 2.75) is 46.6 Å². The first-order chi connectivity index (χ1) is 9.45. The van der Waals surface area contributed by atoms with Gasteiger partial charge in [0.15, 0.2) is 0 Å². The summed E-state index contributed by atoms with van der Waals surface area (Å²) in [5, 5.41) is 4.70. The molecule has 3 N–H and O–H groups in total. The van der Waals surface area contributed by atoms with E-state index in [4.69, 9.17) is 5.73 Å². The van der Waals surface area contributed by atoms with Gasteiger partial charge < -0.3 is 11.1 Å². The van der Waals surface area contributed by atoms with Crippen molar-refractivity contribution in [1.29, 1.82) is 0 Å². The predicted octanol–water partition coefficient (Wildman–Crippen LogP) is 3.43. The summed E-state index contributed by atoms with van der Waals surface area (Å²) >= 11 is 1.74. The van der Waals surface area contributed by atoms with Gasteiger partial charge in [-0.25, -0.2) is 9.97 Å². The van der Waals surface area contributed by atoms with Gasteiger partial charge in [-0.3, -0.25) is 0 Å². The summed E-state index contributed by atoms with van der Waals surface area (Å²) in [6.07, 6.45) is 3.61. The van der Waals surface area contributed by atoms with Crippen molar-refractivity contribution in [3.63, 3.8) is 0 Å². The Balaban J connectivity index is 2.34. The van der Waals surface area contributed by atoms with E-state index in [-0.39, 0.29) is 5.41 Å². The maximum atomic E-state index is 5.75. The molecule has 2 heterocycles. The largest absolute Gasteiger partial charge is 0.366 e. The van der Waals surface area contributed by atoms with E-state index in [0.717, 1.165) is 28.9 Å². The summed E-state index contributed by atoms with van der Waals surface area (Å²) in [6, 6.07) is 2.50. The van der Waals surface area contributed by atoms with Gasteiger partial charge in [-0.15, -0.1) is 11.3 Å². The van der Waals surface area contributed by atoms with Gasteiger partial charge >= 0.3 is 0 Å². The molecule has 20 heavy (non-hydrogen) atoms. The topological polar surface area (TPSA) is 63.8 Å². The van der Waals surface area contributed by atoms with E-state index in [9.17, 15) is 0 Å². The molecule has 2 aromatic rings. The minimum Gasteiger partial charge on any atom is -0.366 e.